The Morgan fingerprint density at radius 2 is 2.11 bits per heavy atom. The minimum atomic E-state index is -0.184. The summed E-state index contributed by atoms with van der Waals surface area (Å²) in [5.41, 5.74) is 7.53. The fourth-order valence-electron chi connectivity index (χ4n) is 2.09. The molecule has 1 fully saturated rings. The van der Waals surface area contributed by atoms with Gasteiger partial charge in [0.25, 0.3) is 0 Å². The molecule has 5 heteroatoms. The first-order valence-electron chi connectivity index (χ1n) is 6.02. The van der Waals surface area contributed by atoms with Gasteiger partial charge in [-0.05, 0) is 35.1 Å². The largest absolute Gasteiger partial charge is 0.397 e. The van der Waals surface area contributed by atoms with Crippen LogP contribution in [0.1, 0.15) is 20.3 Å². The van der Waals surface area contributed by atoms with Crippen LogP contribution in [0.3, 0.4) is 0 Å². The van der Waals surface area contributed by atoms with E-state index in [1.54, 1.807) is 12.1 Å². The summed E-state index contributed by atoms with van der Waals surface area (Å²) in [5, 5.41) is 0. The van der Waals surface area contributed by atoms with Crippen molar-refractivity contribution in [3.63, 3.8) is 0 Å². The summed E-state index contributed by atoms with van der Waals surface area (Å²) in [6.07, 6.45) is 1.09. The lowest BCUT2D eigenvalue weighted by molar-refractivity contribution is 0.615. The number of nitrogens with zero attached hydrogens (tertiary/aromatic N) is 1. The monoisotopic (exact) mass is 380 g/mol. The number of nitrogen functional groups attached to an aromatic ring is 1. The van der Waals surface area contributed by atoms with Gasteiger partial charge in [-0.25, -0.2) is 4.39 Å². The maximum absolute atomic E-state index is 13.7. The van der Waals surface area contributed by atoms with Crippen molar-refractivity contribution in [1.82, 2.24) is 0 Å². The minimum absolute atomic E-state index is 0.184. The van der Waals surface area contributed by atoms with Gasteiger partial charge in [0.2, 0.25) is 0 Å². The Morgan fingerprint density at radius 1 is 1.39 bits per heavy atom. The summed E-state index contributed by atoms with van der Waals surface area (Å²) in [6.45, 7) is 6.39. The first-order chi connectivity index (χ1) is 8.39. The molecule has 1 aromatic carbocycles. The Labute approximate surface area is 126 Å². The number of thioether (sulfide) groups is 1. The van der Waals surface area contributed by atoms with E-state index in [0.717, 1.165) is 31.0 Å². The lowest BCUT2D eigenvalue weighted by Crippen LogP contribution is -2.27. The SMILES string of the molecule is CC1(C)CCN(c2cc(F)c(I)cc2N)CCS1. The van der Waals surface area contributed by atoms with Crippen LogP contribution in [0.15, 0.2) is 12.1 Å². The van der Waals surface area contributed by atoms with Gasteiger partial charge in [-0.15, -0.1) is 0 Å². The van der Waals surface area contributed by atoms with Crippen molar-refractivity contribution >= 4 is 45.7 Å². The van der Waals surface area contributed by atoms with Crippen molar-refractivity contribution in [2.75, 3.05) is 29.5 Å². The molecule has 1 saturated heterocycles. The Kier molecular flexibility index (Phi) is 4.31. The molecule has 0 atom stereocenters. The number of halogens is 2. The summed E-state index contributed by atoms with van der Waals surface area (Å²) < 4.78 is 14.6. The van der Waals surface area contributed by atoms with Crippen LogP contribution < -0.4 is 10.6 Å². The molecular formula is C13H18FIN2S. The van der Waals surface area contributed by atoms with Crippen molar-refractivity contribution in [2.45, 2.75) is 25.0 Å². The van der Waals surface area contributed by atoms with Crippen molar-refractivity contribution < 1.29 is 4.39 Å². The van der Waals surface area contributed by atoms with Gasteiger partial charge < -0.3 is 10.6 Å². The quantitative estimate of drug-likeness (QED) is 0.595. The highest BCUT2D eigenvalue weighted by atomic mass is 127. The predicted molar refractivity (Wildman–Crippen MR) is 86.9 cm³/mol. The fraction of sp³-hybridized carbons (Fsp3) is 0.538. The molecule has 2 N–H and O–H groups in total. The molecule has 100 valence electrons. The fourth-order valence-corrected chi connectivity index (χ4v) is 3.68. The standard InChI is InChI=1S/C13H18FIN2S/c1-13(2)3-4-17(5-6-18-13)12-7-9(14)10(15)8-11(12)16/h7-8H,3-6,16H2,1-2H3. The van der Waals surface area contributed by atoms with Crippen molar-refractivity contribution in [2.24, 2.45) is 0 Å². The van der Waals surface area contributed by atoms with Crippen LogP contribution in [0.2, 0.25) is 0 Å². The predicted octanol–water partition coefficient (Wildman–Crippen LogP) is 3.73. The second-order valence-corrected chi connectivity index (χ2v) is 8.13. The molecule has 0 aromatic heterocycles. The van der Waals surface area contributed by atoms with E-state index in [0.29, 0.717) is 14.0 Å². The number of benzene rings is 1. The Bertz CT molecular complexity index is 451. The zero-order valence-electron chi connectivity index (χ0n) is 10.7. The Hall–Kier alpha value is -0.170. The van der Waals surface area contributed by atoms with E-state index in [2.05, 4.69) is 18.7 Å². The molecule has 1 aromatic rings. The first-order valence-corrected chi connectivity index (χ1v) is 8.09. The minimum Gasteiger partial charge on any atom is -0.397 e. The number of hydrogen-bond acceptors (Lipinski definition) is 3. The van der Waals surface area contributed by atoms with E-state index >= 15 is 0 Å². The highest BCUT2D eigenvalue weighted by Crippen LogP contribution is 2.34. The molecule has 1 aliphatic rings. The summed E-state index contributed by atoms with van der Waals surface area (Å²) >= 11 is 3.95. The molecule has 0 spiro atoms. The van der Waals surface area contributed by atoms with Crippen LogP contribution in [0.4, 0.5) is 15.8 Å². The molecule has 18 heavy (non-hydrogen) atoms. The van der Waals surface area contributed by atoms with Crippen LogP contribution in [0.5, 0.6) is 0 Å². The maximum Gasteiger partial charge on any atom is 0.138 e. The maximum atomic E-state index is 13.7. The third-order valence-electron chi connectivity index (χ3n) is 3.25. The third kappa shape index (κ3) is 3.23. The molecule has 0 radical (unpaired) electrons. The van der Waals surface area contributed by atoms with E-state index in [9.17, 15) is 4.39 Å². The summed E-state index contributed by atoms with van der Waals surface area (Å²) in [4.78, 5) is 2.20. The average molecular weight is 380 g/mol. The number of hydrogen-bond donors (Lipinski definition) is 1. The Balaban J connectivity index is 2.24. The Morgan fingerprint density at radius 3 is 2.83 bits per heavy atom. The molecule has 0 aliphatic carbocycles. The second kappa shape index (κ2) is 5.45. The van der Waals surface area contributed by atoms with Crippen LogP contribution in [0.25, 0.3) is 0 Å². The third-order valence-corrected chi connectivity index (χ3v) is 5.45. The first kappa shape index (κ1) is 14.2. The second-order valence-electron chi connectivity index (χ2n) is 5.17. The van der Waals surface area contributed by atoms with E-state index in [-0.39, 0.29) is 5.82 Å². The number of anilines is 2. The summed E-state index contributed by atoms with van der Waals surface area (Å²) in [6, 6.07) is 3.29. The van der Waals surface area contributed by atoms with Crippen molar-refractivity contribution in [3.8, 4) is 0 Å². The van der Waals surface area contributed by atoms with Gasteiger partial charge in [0.15, 0.2) is 0 Å². The molecule has 0 bridgehead atoms. The molecule has 1 heterocycles. The number of rotatable bonds is 1. The van der Waals surface area contributed by atoms with Crippen LogP contribution >= 0.6 is 34.4 Å². The normalized spacial score (nSPS) is 19.7. The van der Waals surface area contributed by atoms with Crippen LogP contribution in [-0.2, 0) is 0 Å². The lowest BCUT2D eigenvalue weighted by Gasteiger charge is -2.25. The van der Waals surface area contributed by atoms with Gasteiger partial charge in [0, 0.05) is 29.7 Å². The van der Waals surface area contributed by atoms with Gasteiger partial charge >= 0.3 is 0 Å². The van der Waals surface area contributed by atoms with Gasteiger partial charge in [0.1, 0.15) is 5.82 Å². The smallest absolute Gasteiger partial charge is 0.138 e. The topological polar surface area (TPSA) is 29.3 Å². The molecule has 0 unspecified atom stereocenters. The molecule has 2 nitrogen and oxygen atoms in total. The van der Waals surface area contributed by atoms with Crippen LogP contribution in [0, 0.1) is 9.39 Å². The zero-order valence-corrected chi connectivity index (χ0v) is 13.6. The van der Waals surface area contributed by atoms with E-state index < -0.39 is 0 Å². The van der Waals surface area contributed by atoms with Gasteiger partial charge in [-0.1, -0.05) is 13.8 Å². The number of nitrogens with two attached hydrogens (primary N) is 1. The van der Waals surface area contributed by atoms with Gasteiger partial charge in [-0.2, -0.15) is 11.8 Å². The van der Waals surface area contributed by atoms with E-state index in [4.69, 9.17) is 5.73 Å². The molecule has 1 aliphatic heterocycles. The molecule has 0 amide bonds. The lowest BCUT2D eigenvalue weighted by atomic mass is 10.1. The highest BCUT2D eigenvalue weighted by Gasteiger charge is 2.24. The van der Waals surface area contributed by atoms with E-state index in [1.165, 1.54) is 0 Å². The van der Waals surface area contributed by atoms with Gasteiger partial charge in [-0.3, -0.25) is 0 Å². The molecule has 2 rings (SSSR count). The molecular weight excluding hydrogens is 362 g/mol. The summed E-state index contributed by atoms with van der Waals surface area (Å²) in [5.74, 6) is 0.871. The average Bonchev–Trinajstić information content (AvgIpc) is 2.45. The van der Waals surface area contributed by atoms with Crippen molar-refractivity contribution in [3.05, 3.63) is 21.5 Å². The van der Waals surface area contributed by atoms with E-state index in [1.807, 2.05) is 34.4 Å². The summed E-state index contributed by atoms with van der Waals surface area (Å²) in [7, 11) is 0. The molecule has 0 saturated carbocycles. The van der Waals surface area contributed by atoms with Crippen LogP contribution in [-0.4, -0.2) is 23.6 Å². The highest BCUT2D eigenvalue weighted by molar-refractivity contribution is 14.1. The van der Waals surface area contributed by atoms with Gasteiger partial charge in [0.05, 0.1) is 14.9 Å². The zero-order chi connectivity index (χ0) is 13.3. The van der Waals surface area contributed by atoms with Crippen molar-refractivity contribution in [1.29, 1.82) is 0 Å².